The number of aromatic nitrogens is 2. The van der Waals surface area contributed by atoms with Crippen molar-refractivity contribution < 1.29 is 14.1 Å². The Morgan fingerprint density at radius 3 is 2.24 bits per heavy atom. The topological polar surface area (TPSA) is 88.3 Å². The molecule has 0 bridgehead atoms. The minimum atomic E-state index is -0.153. The number of rotatable bonds is 8. The van der Waals surface area contributed by atoms with Crippen molar-refractivity contribution in [3.05, 3.63) is 107 Å². The molecule has 0 aliphatic rings. The Morgan fingerprint density at radius 2 is 1.56 bits per heavy atom. The van der Waals surface area contributed by atoms with E-state index in [2.05, 4.69) is 15.5 Å². The third kappa shape index (κ3) is 5.56. The minimum absolute atomic E-state index is 0.0558. The Balaban J connectivity index is 1.33. The number of hydrogen-bond acceptors (Lipinski definition) is 5. The molecule has 34 heavy (non-hydrogen) atoms. The smallest absolute Gasteiger partial charge is 0.257 e. The SMILES string of the molecule is C[C@H](NC(=O)c1ccc(-c2nc(CCN(C)C(=O)c3ccccc3)no2)cc1)c1ccccc1. The number of amides is 2. The zero-order valence-corrected chi connectivity index (χ0v) is 19.1. The Bertz CT molecular complexity index is 1240. The van der Waals surface area contributed by atoms with E-state index >= 15 is 0 Å². The molecule has 2 amide bonds. The molecular weight excluding hydrogens is 428 g/mol. The fourth-order valence-corrected chi connectivity index (χ4v) is 3.51. The zero-order chi connectivity index (χ0) is 23.9. The van der Waals surface area contributed by atoms with E-state index in [0.29, 0.717) is 35.8 Å². The van der Waals surface area contributed by atoms with Gasteiger partial charge in [-0.1, -0.05) is 53.7 Å². The van der Waals surface area contributed by atoms with Gasteiger partial charge in [-0.2, -0.15) is 4.98 Å². The van der Waals surface area contributed by atoms with Gasteiger partial charge in [0.1, 0.15) is 0 Å². The maximum absolute atomic E-state index is 12.6. The predicted molar refractivity (Wildman–Crippen MR) is 129 cm³/mol. The fourth-order valence-electron chi connectivity index (χ4n) is 3.51. The zero-order valence-electron chi connectivity index (χ0n) is 19.1. The first-order valence-electron chi connectivity index (χ1n) is 11.1. The van der Waals surface area contributed by atoms with Gasteiger partial charge >= 0.3 is 0 Å². The number of likely N-dealkylation sites (N-methyl/N-ethyl adjacent to an activating group) is 1. The summed E-state index contributed by atoms with van der Waals surface area (Å²) in [5.41, 5.74) is 2.95. The quantitative estimate of drug-likeness (QED) is 0.422. The molecule has 4 rings (SSSR count). The highest BCUT2D eigenvalue weighted by Crippen LogP contribution is 2.19. The van der Waals surface area contributed by atoms with E-state index in [1.807, 2.05) is 55.5 Å². The molecule has 1 aromatic heterocycles. The summed E-state index contributed by atoms with van der Waals surface area (Å²) in [6.07, 6.45) is 0.469. The maximum atomic E-state index is 12.6. The second-order valence-corrected chi connectivity index (χ2v) is 8.04. The lowest BCUT2D eigenvalue weighted by Gasteiger charge is -2.15. The normalized spacial score (nSPS) is 11.6. The molecule has 0 fully saturated rings. The number of carbonyl (C=O) groups excluding carboxylic acids is 2. The summed E-state index contributed by atoms with van der Waals surface area (Å²) in [7, 11) is 1.75. The fraction of sp³-hybridized carbons (Fsp3) is 0.185. The van der Waals surface area contributed by atoms with E-state index in [4.69, 9.17) is 4.52 Å². The van der Waals surface area contributed by atoms with Gasteiger partial charge in [-0.3, -0.25) is 9.59 Å². The molecule has 172 valence electrons. The standard InChI is InChI=1S/C27H26N4O3/c1-19(20-9-5-3-6-10-20)28-25(32)21-13-15-22(16-14-21)26-29-24(30-34-26)17-18-31(2)27(33)23-11-7-4-8-12-23/h3-16,19H,17-18H2,1-2H3,(H,28,32)/t19-/m0/s1. The van der Waals surface area contributed by atoms with Crippen LogP contribution in [0.1, 0.15) is 45.1 Å². The van der Waals surface area contributed by atoms with Gasteiger partial charge in [0, 0.05) is 36.7 Å². The van der Waals surface area contributed by atoms with Crippen LogP contribution in [0.25, 0.3) is 11.5 Å². The highest BCUT2D eigenvalue weighted by atomic mass is 16.5. The lowest BCUT2D eigenvalue weighted by molar-refractivity contribution is 0.0795. The van der Waals surface area contributed by atoms with Gasteiger partial charge in [0.15, 0.2) is 5.82 Å². The summed E-state index contributed by atoms with van der Waals surface area (Å²) in [5, 5.41) is 7.03. The number of nitrogens with zero attached hydrogens (tertiary/aromatic N) is 3. The Morgan fingerprint density at radius 1 is 0.912 bits per heavy atom. The molecule has 3 aromatic carbocycles. The maximum Gasteiger partial charge on any atom is 0.257 e. The van der Waals surface area contributed by atoms with Crippen molar-refractivity contribution in [1.82, 2.24) is 20.4 Å². The van der Waals surface area contributed by atoms with Crippen LogP contribution in [0.5, 0.6) is 0 Å². The van der Waals surface area contributed by atoms with Crippen molar-refractivity contribution in [2.75, 3.05) is 13.6 Å². The third-order valence-corrected chi connectivity index (χ3v) is 5.55. The van der Waals surface area contributed by atoms with Gasteiger partial charge in [-0.15, -0.1) is 0 Å². The Hall–Kier alpha value is -4.26. The number of benzene rings is 3. The molecule has 1 heterocycles. The van der Waals surface area contributed by atoms with Crippen LogP contribution in [0.4, 0.5) is 0 Å². The van der Waals surface area contributed by atoms with Crippen molar-refractivity contribution in [2.45, 2.75) is 19.4 Å². The van der Waals surface area contributed by atoms with Gasteiger partial charge < -0.3 is 14.7 Å². The molecule has 0 spiro atoms. The largest absolute Gasteiger partial charge is 0.346 e. The Kier molecular flexibility index (Phi) is 7.13. The van der Waals surface area contributed by atoms with Gasteiger partial charge in [0.25, 0.3) is 17.7 Å². The monoisotopic (exact) mass is 454 g/mol. The highest BCUT2D eigenvalue weighted by Gasteiger charge is 2.15. The summed E-state index contributed by atoms with van der Waals surface area (Å²) in [5.74, 6) is 0.679. The first kappa shape index (κ1) is 22.9. The van der Waals surface area contributed by atoms with Crippen molar-refractivity contribution in [1.29, 1.82) is 0 Å². The second-order valence-electron chi connectivity index (χ2n) is 8.04. The third-order valence-electron chi connectivity index (χ3n) is 5.55. The number of carbonyl (C=O) groups is 2. The van der Waals surface area contributed by atoms with Crippen molar-refractivity contribution >= 4 is 11.8 Å². The molecule has 0 radical (unpaired) electrons. The number of nitrogens with one attached hydrogen (secondary N) is 1. The van der Waals surface area contributed by atoms with Crippen LogP contribution >= 0.6 is 0 Å². The van der Waals surface area contributed by atoms with Crippen LogP contribution in [0, 0.1) is 0 Å². The minimum Gasteiger partial charge on any atom is -0.346 e. The predicted octanol–water partition coefficient (Wildman–Crippen LogP) is 4.54. The van der Waals surface area contributed by atoms with E-state index in [-0.39, 0.29) is 17.9 Å². The first-order chi connectivity index (χ1) is 16.5. The average molecular weight is 455 g/mol. The average Bonchev–Trinajstić information content (AvgIpc) is 3.37. The van der Waals surface area contributed by atoms with Gasteiger partial charge in [-0.05, 0) is 48.9 Å². The van der Waals surface area contributed by atoms with E-state index < -0.39 is 0 Å². The molecule has 0 saturated heterocycles. The first-order valence-corrected chi connectivity index (χ1v) is 11.1. The molecule has 7 heteroatoms. The van der Waals surface area contributed by atoms with Crippen molar-refractivity contribution in [3.63, 3.8) is 0 Å². The highest BCUT2D eigenvalue weighted by molar-refractivity contribution is 5.95. The number of hydrogen-bond donors (Lipinski definition) is 1. The summed E-state index contributed by atoms with van der Waals surface area (Å²) in [6, 6.07) is 25.9. The summed E-state index contributed by atoms with van der Waals surface area (Å²) in [6.45, 7) is 2.41. The van der Waals surface area contributed by atoms with Crippen LogP contribution in [0.2, 0.25) is 0 Å². The van der Waals surface area contributed by atoms with E-state index in [1.54, 1.807) is 48.3 Å². The lowest BCUT2D eigenvalue weighted by Crippen LogP contribution is -2.29. The van der Waals surface area contributed by atoms with Crippen molar-refractivity contribution in [3.8, 4) is 11.5 Å². The van der Waals surface area contributed by atoms with Crippen LogP contribution in [0.15, 0.2) is 89.5 Å². The molecular formula is C27H26N4O3. The molecule has 1 atom stereocenters. The molecule has 0 aliphatic heterocycles. The van der Waals surface area contributed by atoms with Crippen LogP contribution < -0.4 is 5.32 Å². The van der Waals surface area contributed by atoms with Crippen LogP contribution in [-0.4, -0.2) is 40.4 Å². The van der Waals surface area contributed by atoms with Gasteiger partial charge in [-0.25, -0.2) is 0 Å². The van der Waals surface area contributed by atoms with Gasteiger partial charge in [0.2, 0.25) is 0 Å². The van der Waals surface area contributed by atoms with Crippen molar-refractivity contribution in [2.24, 2.45) is 0 Å². The molecule has 0 aliphatic carbocycles. The van der Waals surface area contributed by atoms with Crippen LogP contribution in [0.3, 0.4) is 0 Å². The van der Waals surface area contributed by atoms with E-state index in [0.717, 1.165) is 11.1 Å². The molecule has 1 N–H and O–H groups in total. The summed E-state index contributed by atoms with van der Waals surface area (Å²) >= 11 is 0. The summed E-state index contributed by atoms with van der Waals surface area (Å²) in [4.78, 5) is 31.1. The lowest BCUT2D eigenvalue weighted by atomic mass is 10.1. The molecule has 7 nitrogen and oxygen atoms in total. The summed E-state index contributed by atoms with van der Waals surface area (Å²) < 4.78 is 5.39. The molecule has 0 unspecified atom stereocenters. The molecule has 4 aromatic rings. The Labute approximate surface area is 198 Å². The van der Waals surface area contributed by atoms with E-state index in [9.17, 15) is 9.59 Å². The molecule has 0 saturated carbocycles. The second kappa shape index (κ2) is 10.6. The van der Waals surface area contributed by atoms with Gasteiger partial charge in [0.05, 0.1) is 6.04 Å². The van der Waals surface area contributed by atoms with Crippen LogP contribution in [-0.2, 0) is 6.42 Å². The van der Waals surface area contributed by atoms with E-state index in [1.165, 1.54) is 0 Å².